The lowest BCUT2D eigenvalue weighted by Gasteiger charge is -2.03. The molecule has 0 saturated heterocycles. The molecule has 3 aromatic heterocycles. The van der Waals surface area contributed by atoms with Crippen LogP contribution >= 0.6 is 22.9 Å². The number of thiophene rings is 1. The molecule has 1 aromatic carbocycles. The highest BCUT2D eigenvalue weighted by Crippen LogP contribution is 2.26. The molecule has 0 fully saturated rings. The summed E-state index contributed by atoms with van der Waals surface area (Å²) < 4.78 is 3.85. The van der Waals surface area contributed by atoms with Crippen molar-refractivity contribution >= 4 is 45.5 Å². The average molecular weight is 355 g/mol. The Morgan fingerprint density at radius 2 is 2.25 bits per heavy atom. The van der Waals surface area contributed by atoms with Crippen molar-refractivity contribution in [3.8, 4) is 10.7 Å². The van der Waals surface area contributed by atoms with E-state index in [9.17, 15) is 4.79 Å². The first-order valence-electron chi connectivity index (χ1n) is 7.41. The third-order valence-corrected chi connectivity index (χ3v) is 5.23. The number of nitrogens with zero attached hydrogens (tertiary/aromatic N) is 3. The van der Waals surface area contributed by atoms with Crippen LogP contribution in [0.3, 0.4) is 0 Å². The number of carbonyl (C=O) groups excluding carboxylic acids is 1. The minimum Gasteiger partial charge on any atom is -0.337 e. The van der Waals surface area contributed by atoms with Gasteiger partial charge >= 0.3 is 0 Å². The molecule has 3 heterocycles. The maximum absolute atomic E-state index is 12.4. The Bertz CT molecular complexity index is 1000. The normalized spacial score (nSPS) is 11.0. The van der Waals surface area contributed by atoms with Crippen LogP contribution in [-0.4, -0.2) is 25.5 Å². The van der Waals surface area contributed by atoms with Crippen molar-refractivity contribution in [2.75, 3.05) is 5.32 Å². The number of H-pyrrole nitrogens is 1. The first kappa shape index (κ1) is 15.0. The Balaban J connectivity index is 1.62. The smallest absolute Gasteiger partial charge is 0.269 e. The quantitative estimate of drug-likeness (QED) is 0.580. The summed E-state index contributed by atoms with van der Waals surface area (Å²) in [4.78, 5) is 21.9. The number of aromatic nitrogens is 4. The summed E-state index contributed by atoms with van der Waals surface area (Å²) >= 11 is 2.75. The lowest BCUT2D eigenvalue weighted by atomic mass is 10.2. The molecule has 0 unspecified atom stereocenters. The van der Waals surface area contributed by atoms with Gasteiger partial charge in [0.05, 0.1) is 21.6 Å². The van der Waals surface area contributed by atoms with Gasteiger partial charge in [-0.3, -0.25) is 4.79 Å². The molecule has 0 aliphatic rings. The van der Waals surface area contributed by atoms with E-state index in [2.05, 4.69) is 24.9 Å². The van der Waals surface area contributed by atoms with Gasteiger partial charge in [0.25, 0.3) is 5.91 Å². The van der Waals surface area contributed by atoms with E-state index in [0.717, 1.165) is 39.0 Å². The van der Waals surface area contributed by atoms with Crippen molar-refractivity contribution in [3.63, 3.8) is 0 Å². The zero-order valence-electron chi connectivity index (χ0n) is 12.7. The number of nitrogens with one attached hydrogen (secondary N) is 2. The molecule has 4 aromatic rings. The van der Waals surface area contributed by atoms with Crippen LogP contribution in [0.1, 0.15) is 22.3 Å². The van der Waals surface area contributed by atoms with Gasteiger partial charge in [-0.15, -0.1) is 16.4 Å². The summed E-state index contributed by atoms with van der Waals surface area (Å²) in [6.45, 7) is 1.95. The van der Waals surface area contributed by atoms with Crippen molar-refractivity contribution in [2.24, 2.45) is 0 Å². The van der Waals surface area contributed by atoms with Crippen LogP contribution in [-0.2, 0) is 6.42 Å². The first-order chi connectivity index (χ1) is 11.7. The van der Waals surface area contributed by atoms with E-state index in [1.54, 1.807) is 11.3 Å². The molecule has 6 nitrogen and oxygen atoms in total. The molecule has 8 heteroatoms. The van der Waals surface area contributed by atoms with E-state index in [-0.39, 0.29) is 5.91 Å². The molecule has 0 radical (unpaired) electrons. The number of rotatable bonds is 4. The minimum absolute atomic E-state index is 0.181. The van der Waals surface area contributed by atoms with Gasteiger partial charge in [-0.2, -0.15) is 0 Å². The predicted molar refractivity (Wildman–Crippen MR) is 96.6 cm³/mol. The van der Waals surface area contributed by atoms with Crippen LogP contribution < -0.4 is 5.32 Å². The summed E-state index contributed by atoms with van der Waals surface area (Å²) in [5.41, 5.74) is 3.18. The van der Waals surface area contributed by atoms with Gasteiger partial charge in [-0.05, 0) is 47.6 Å². The second-order valence-corrected chi connectivity index (χ2v) is 6.85. The molecule has 0 saturated carbocycles. The summed E-state index contributed by atoms with van der Waals surface area (Å²) in [6, 6.07) is 9.64. The molecule has 0 bridgehead atoms. The molecule has 24 heavy (non-hydrogen) atoms. The molecule has 2 N–H and O–H groups in total. The number of hydrogen-bond acceptors (Lipinski definition) is 6. The number of anilines is 1. The monoisotopic (exact) mass is 355 g/mol. The fourth-order valence-electron chi connectivity index (χ4n) is 2.42. The highest BCUT2D eigenvalue weighted by Gasteiger charge is 2.15. The third-order valence-electron chi connectivity index (χ3n) is 3.59. The second-order valence-electron chi connectivity index (χ2n) is 5.15. The zero-order chi connectivity index (χ0) is 16.5. The highest BCUT2D eigenvalue weighted by atomic mass is 32.1. The van der Waals surface area contributed by atoms with Crippen molar-refractivity contribution < 1.29 is 4.79 Å². The molecule has 0 aliphatic carbocycles. The summed E-state index contributed by atoms with van der Waals surface area (Å²) in [5.74, 6) is 0.655. The Kier molecular flexibility index (Phi) is 3.83. The van der Waals surface area contributed by atoms with Crippen LogP contribution in [0, 0.1) is 0 Å². The molecule has 1 amide bonds. The van der Waals surface area contributed by atoms with E-state index < -0.39 is 0 Å². The minimum atomic E-state index is -0.181. The molecule has 120 valence electrons. The molecule has 0 aliphatic heterocycles. The average Bonchev–Trinajstić information content (AvgIpc) is 3.32. The maximum atomic E-state index is 12.4. The van der Waals surface area contributed by atoms with Gasteiger partial charge in [0.2, 0.25) is 0 Å². The summed E-state index contributed by atoms with van der Waals surface area (Å²) in [7, 11) is 0. The number of aromatic amines is 1. The Labute approximate surface area is 145 Å². The summed E-state index contributed by atoms with van der Waals surface area (Å²) in [5, 5.41) is 8.89. The molecule has 4 rings (SSSR count). The van der Waals surface area contributed by atoms with Crippen molar-refractivity contribution in [1.82, 2.24) is 19.6 Å². The summed E-state index contributed by atoms with van der Waals surface area (Å²) in [6.07, 6.45) is 0.684. The van der Waals surface area contributed by atoms with Gasteiger partial charge in [-0.25, -0.2) is 4.98 Å². The number of hydrogen-bond donors (Lipinski definition) is 2. The van der Waals surface area contributed by atoms with Gasteiger partial charge in [0, 0.05) is 5.69 Å². The first-order valence-corrected chi connectivity index (χ1v) is 9.06. The van der Waals surface area contributed by atoms with E-state index in [0.29, 0.717) is 17.0 Å². The van der Waals surface area contributed by atoms with Crippen LogP contribution in [0.4, 0.5) is 5.69 Å². The second kappa shape index (κ2) is 6.14. The maximum Gasteiger partial charge on any atom is 0.269 e. The molecular weight excluding hydrogens is 342 g/mol. The third kappa shape index (κ3) is 2.70. The lowest BCUT2D eigenvalue weighted by molar-refractivity contribution is 0.102. The zero-order valence-corrected chi connectivity index (χ0v) is 14.4. The van der Waals surface area contributed by atoms with Crippen LogP contribution in [0.5, 0.6) is 0 Å². The Morgan fingerprint density at radius 1 is 1.33 bits per heavy atom. The number of carbonyl (C=O) groups is 1. The van der Waals surface area contributed by atoms with Gasteiger partial charge < -0.3 is 10.3 Å². The molecule has 0 spiro atoms. The molecular formula is C16H13N5OS2. The fraction of sp³-hybridized carbons (Fsp3) is 0.125. The van der Waals surface area contributed by atoms with Gasteiger partial charge in [-0.1, -0.05) is 17.5 Å². The van der Waals surface area contributed by atoms with E-state index in [4.69, 9.17) is 0 Å². The Morgan fingerprint density at radius 3 is 3.04 bits per heavy atom. The van der Waals surface area contributed by atoms with Gasteiger partial charge in [0.15, 0.2) is 0 Å². The van der Waals surface area contributed by atoms with E-state index >= 15 is 0 Å². The van der Waals surface area contributed by atoms with E-state index in [1.807, 2.05) is 42.6 Å². The topological polar surface area (TPSA) is 83.6 Å². The van der Waals surface area contributed by atoms with Crippen molar-refractivity contribution in [2.45, 2.75) is 13.3 Å². The number of imidazole rings is 1. The predicted octanol–water partition coefficient (Wildman–Crippen LogP) is 3.96. The number of amides is 1. The van der Waals surface area contributed by atoms with Crippen molar-refractivity contribution in [3.05, 3.63) is 46.3 Å². The van der Waals surface area contributed by atoms with Crippen LogP contribution in [0.15, 0.2) is 35.7 Å². The lowest BCUT2D eigenvalue weighted by Crippen LogP contribution is -2.12. The molecule has 0 atom stereocenters. The SMILES string of the molecule is CCc1nnsc1C(=O)Nc1ccc2nc(-c3cccs3)[nH]c2c1. The number of benzene rings is 1. The van der Waals surface area contributed by atoms with Crippen molar-refractivity contribution in [1.29, 1.82) is 0 Å². The standard InChI is InChI=1S/C16H13N5OS2/c1-2-10-14(24-21-20-10)16(22)17-9-5-6-11-12(8-9)19-15(18-11)13-4-3-7-23-13/h3-8H,2H2,1H3,(H,17,22)(H,18,19). The Hall–Kier alpha value is -2.58. The number of aryl methyl sites for hydroxylation is 1. The van der Waals surface area contributed by atoms with Crippen LogP contribution in [0.2, 0.25) is 0 Å². The van der Waals surface area contributed by atoms with E-state index in [1.165, 1.54) is 0 Å². The fourth-order valence-corrected chi connectivity index (χ4v) is 3.73. The van der Waals surface area contributed by atoms with Crippen LogP contribution in [0.25, 0.3) is 21.7 Å². The largest absolute Gasteiger partial charge is 0.337 e. The van der Waals surface area contributed by atoms with Gasteiger partial charge in [0.1, 0.15) is 10.7 Å². The highest BCUT2D eigenvalue weighted by molar-refractivity contribution is 7.13. The number of fused-ring (bicyclic) bond motifs is 1.